The van der Waals surface area contributed by atoms with Gasteiger partial charge in [0.1, 0.15) is 12.0 Å². The fourth-order valence-electron chi connectivity index (χ4n) is 1.28. The normalized spacial score (nSPS) is 10.2. The number of hydrogen-bond donors (Lipinski definition) is 1. The molecule has 17 heavy (non-hydrogen) atoms. The second kappa shape index (κ2) is 4.96. The smallest absolute Gasteiger partial charge is 0.270 e. The van der Waals surface area contributed by atoms with Crippen LogP contribution >= 0.6 is 15.9 Å². The number of aromatic nitrogens is 1. The SMILES string of the molecule is O=[N+]([O-])c1ccc(NCc2ccon2)c(Br)c1. The van der Waals surface area contributed by atoms with Crippen LogP contribution in [0.5, 0.6) is 0 Å². The summed E-state index contributed by atoms with van der Waals surface area (Å²) in [5.41, 5.74) is 1.57. The topological polar surface area (TPSA) is 81.2 Å². The van der Waals surface area contributed by atoms with Gasteiger partial charge in [0.15, 0.2) is 0 Å². The zero-order chi connectivity index (χ0) is 12.3. The largest absolute Gasteiger partial charge is 0.378 e. The van der Waals surface area contributed by atoms with Gasteiger partial charge < -0.3 is 9.84 Å². The van der Waals surface area contributed by atoms with E-state index in [1.165, 1.54) is 18.4 Å². The summed E-state index contributed by atoms with van der Waals surface area (Å²) in [6.45, 7) is 0.493. The second-order valence-corrected chi connectivity index (χ2v) is 4.12. The van der Waals surface area contributed by atoms with Crippen molar-refractivity contribution in [2.24, 2.45) is 0 Å². The van der Waals surface area contributed by atoms with Crippen molar-refractivity contribution in [1.29, 1.82) is 0 Å². The Kier molecular flexibility index (Phi) is 3.38. The fourth-order valence-corrected chi connectivity index (χ4v) is 1.78. The lowest BCUT2D eigenvalue weighted by Gasteiger charge is -2.06. The highest BCUT2D eigenvalue weighted by Gasteiger charge is 2.08. The van der Waals surface area contributed by atoms with Crippen LogP contribution in [-0.4, -0.2) is 10.1 Å². The molecule has 2 aromatic rings. The van der Waals surface area contributed by atoms with Crippen LogP contribution in [-0.2, 0) is 6.54 Å². The number of benzene rings is 1. The Labute approximate surface area is 105 Å². The van der Waals surface area contributed by atoms with Crippen LogP contribution in [0.15, 0.2) is 39.5 Å². The monoisotopic (exact) mass is 297 g/mol. The minimum Gasteiger partial charge on any atom is -0.378 e. The van der Waals surface area contributed by atoms with Gasteiger partial charge in [-0.1, -0.05) is 5.16 Å². The lowest BCUT2D eigenvalue weighted by Crippen LogP contribution is -2.00. The first-order valence-electron chi connectivity index (χ1n) is 4.74. The molecule has 0 aliphatic heterocycles. The Balaban J connectivity index is 2.09. The molecule has 0 amide bonds. The summed E-state index contributed by atoms with van der Waals surface area (Å²) in [5, 5.41) is 17.4. The van der Waals surface area contributed by atoms with Crippen molar-refractivity contribution in [2.75, 3.05) is 5.32 Å². The third-order valence-corrected chi connectivity index (χ3v) is 2.77. The molecule has 0 atom stereocenters. The lowest BCUT2D eigenvalue weighted by molar-refractivity contribution is -0.384. The van der Waals surface area contributed by atoms with E-state index in [-0.39, 0.29) is 5.69 Å². The Morgan fingerprint density at radius 3 is 2.88 bits per heavy atom. The summed E-state index contributed by atoms with van der Waals surface area (Å²) >= 11 is 3.27. The molecular formula is C10H8BrN3O3. The average Bonchev–Trinajstić information content (AvgIpc) is 2.80. The average molecular weight is 298 g/mol. The van der Waals surface area contributed by atoms with Crippen LogP contribution in [0.2, 0.25) is 0 Å². The van der Waals surface area contributed by atoms with Crippen LogP contribution < -0.4 is 5.32 Å². The van der Waals surface area contributed by atoms with Crippen molar-refractivity contribution >= 4 is 27.3 Å². The van der Waals surface area contributed by atoms with Gasteiger partial charge in [0.2, 0.25) is 0 Å². The highest BCUT2D eigenvalue weighted by Crippen LogP contribution is 2.27. The second-order valence-electron chi connectivity index (χ2n) is 3.27. The van der Waals surface area contributed by atoms with E-state index < -0.39 is 4.92 Å². The number of nitrogens with one attached hydrogen (secondary N) is 1. The minimum absolute atomic E-state index is 0.0452. The van der Waals surface area contributed by atoms with Gasteiger partial charge in [-0.2, -0.15) is 0 Å². The molecule has 2 rings (SSSR count). The molecule has 0 aliphatic rings. The van der Waals surface area contributed by atoms with E-state index >= 15 is 0 Å². The summed E-state index contributed by atoms with van der Waals surface area (Å²) in [7, 11) is 0. The van der Waals surface area contributed by atoms with Crippen LogP contribution in [0.3, 0.4) is 0 Å². The molecule has 0 saturated heterocycles. The zero-order valence-corrected chi connectivity index (χ0v) is 10.2. The fraction of sp³-hybridized carbons (Fsp3) is 0.100. The lowest BCUT2D eigenvalue weighted by atomic mass is 10.3. The number of rotatable bonds is 4. The summed E-state index contributed by atoms with van der Waals surface area (Å²) < 4.78 is 5.33. The first-order chi connectivity index (χ1) is 8.16. The molecule has 7 heteroatoms. The van der Waals surface area contributed by atoms with E-state index in [0.717, 1.165) is 11.4 Å². The number of non-ortho nitro benzene ring substituents is 1. The van der Waals surface area contributed by atoms with Gasteiger partial charge in [-0.25, -0.2) is 0 Å². The predicted octanol–water partition coefficient (Wildman–Crippen LogP) is 2.96. The van der Waals surface area contributed by atoms with Crippen LogP contribution in [0.25, 0.3) is 0 Å². The molecule has 0 saturated carbocycles. The minimum atomic E-state index is -0.438. The van der Waals surface area contributed by atoms with Gasteiger partial charge in [0.25, 0.3) is 5.69 Å². The van der Waals surface area contributed by atoms with Crippen molar-refractivity contribution in [3.63, 3.8) is 0 Å². The molecule has 1 N–H and O–H groups in total. The standard InChI is InChI=1S/C10H8BrN3O3/c11-9-5-8(14(15)16)1-2-10(9)12-6-7-3-4-17-13-7/h1-5,12H,6H2. The first-order valence-corrected chi connectivity index (χ1v) is 5.53. The van der Waals surface area contributed by atoms with Gasteiger partial charge in [0, 0.05) is 28.4 Å². The van der Waals surface area contributed by atoms with E-state index in [0.29, 0.717) is 11.0 Å². The summed E-state index contributed by atoms with van der Waals surface area (Å²) in [5.74, 6) is 0. The molecule has 1 aromatic heterocycles. The molecule has 0 aliphatic carbocycles. The summed E-state index contributed by atoms with van der Waals surface area (Å²) in [4.78, 5) is 10.1. The number of nitro groups is 1. The Bertz CT molecular complexity index is 528. The van der Waals surface area contributed by atoms with Gasteiger partial charge in [-0.15, -0.1) is 0 Å². The van der Waals surface area contributed by atoms with Crippen LogP contribution in [0, 0.1) is 10.1 Å². The number of nitrogens with zero attached hydrogens (tertiary/aromatic N) is 2. The predicted molar refractivity (Wildman–Crippen MR) is 64.6 cm³/mol. The maximum absolute atomic E-state index is 10.6. The molecule has 0 radical (unpaired) electrons. The van der Waals surface area contributed by atoms with E-state index in [4.69, 9.17) is 4.52 Å². The van der Waals surface area contributed by atoms with Gasteiger partial charge in [0.05, 0.1) is 11.5 Å². The van der Waals surface area contributed by atoms with Crippen molar-refractivity contribution < 1.29 is 9.45 Å². The molecule has 0 spiro atoms. The maximum atomic E-state index is 10.6. The molecule has 6 nitrogen and oxygen atoms in total. The maximum Gasteiger partial charge on any atom is 0.270 e. The molecular weight excluding hydrogens is 290 g/mol. The molecule has 0 fully saturated rings. The molecule has 1 heterocycles. The third-order valence-electron chi connectivity index (χ3n) is 2.11. The van der Waals surface area contributed by atoms with E-state index in [9.17, 15) is 10.1 Å². The zero-order valence-electron chi connectivity index (χ0n) is 8.59. The summed E-state index contributed by atoms with van der Waals surface area (Å²) in [6, 6.07) is 6.27. The van der Waals surface area contributed by atoms with Crippen molar-refractivity contribution in [2.45, 2.75) is 6.54 Å². The van der Waals surface area contributed by atoms with E-state index in [1.807, 2.05) is 0 Å². The van der Waals surface area contributed by atoms with Crippen LogP contribution in [0.4, 0.5) is 11.4 Å². The third kappa shape index (κ3) is 2.82. The highest BCUT2D eigenvalue weighted by molar-refractivity contribution is 9.10. The number of nitro benzene ring substituents is 1. The van der Waals surface area contributed by atoms with Gasteiger partial charge in [-0.05, 0) is 22.0 Å². The Hall–Kier alpha value is -1.89. The Morgan fingerprint density at radius 2 is 2.29 bits per heavy atom. The van der Waals surface area contributed by atoms with Crippen LogP contribution in [0.1, 0.15) is 5.69 Å². The van der Waals surface area contributed by atoms with E-state index in [2.05, 4.69) is 26.4 Å². The van der Waals surface area contributed by atoms with Gasteiger partial charge in [-0.3, -0.25) is 10.1 Å². The molecule has 0 bridgehead atoms. The van der Waals surface area contributed by atoms with Crippen molar-refractivity contribution in [1.82, 2.24) is 5.16 Å². The van der Waals surface area contributed by atoms with Crippen molar-refractivity contribution in [3.05, 3.63) is 50.8 Å². The molecule has 88 valence electrons. The summed E-state index contributed by atoms with van der Waals surface area (Å²) in [6.07, 6.45) is 1.49. The van der Waals surface area contributed by atoms with Crippen molar-refractivity contribution in [3.8, 4) is 0 Å². The Morgan fingerprint density at radius 1 is 1.47 bits per heavy atom. The highest BCUT2D eigenvalue weighted by atomic mass is 79.9. The molecule has 1 aromatic carbocycles. The van der Waals surface area contributed by atoms with E-state index in [1.54, 1.807) is 12.1 Å². The number of anilines is 1. The number of halogens is 1. The first kappa shape index (κ1) is 11.6. The number of hydrogen-bond acceptors (Lipinski definition) is 5. The quantitative estimate of drug-likeness (QED) is 0.693. The molecule has 0 unspecified atom stereocenters. The van der Waals surface area contributed by atoms with Gasteiger partial charge >= 0.3 is 0 Å².